The molecule has 1 heterocycles. The van der Waals surface area contributed by atoms with Crippen LogP contribution in [0.4, 0.5) is 14.5 Å². The molecule has 8 heteroatoms. The van der Waals surface area contributed by atoms with Crippen LogP contribution in [0.25, 0.3) is 0 Å². The van der Waals surface area contributed by atoms with Gasteiger partial charge >= 0.3 is 0 Å². The summed E-state index contributed by atoms with van der Waals surface area (Å²) in [4.78, 5) is 16.7. The third-order valence-electron chi connectivity index (χ3n) is 6.75. The fourth-order valence-corrected chi connectivity index (χ4v) is 5.10. The summed E-state index contributed by atoms with van der Waals surface area (Å²) in [6.45, 7) is 0.899. The summed E-state index contributed by atoms with van der Waals surface area (Å²) >= 11 is 6.26. The molecule has 0 unspecified atom stereocenters. The van der Waals surface area contributed by atoms with Crippen LogP contribution in [0.15, 0.2) is 36.4 Å². The molecule has 0 spiro atoms. The molecule has 1 atom stereocenters. The van der Waals surface area contributed by atoms with E-state index in [-0.39, 0.29) is 29.1 Å². The third-order valence-corrected chi connectivity index (χ3v) is 7.06. The summed E-state index contributed by atoms with van der Waals surface area (Å²) in [5.41, 5.74) is -0.158. The van der Waals surface area contributed by atoms with Crippen molar-refractivity contribution in [1.82, 2.24) is 4.90 Å². The Morgan fingerprint density at radius 2 is 2.00 bits per heavy atom. The van der Waals surface area contributed by atoms with Gasteiger partial charge in [-0.2, -0.15) is 5.26 Å². The molecule has 5 nitrogen and oxygen atoms in total. The molecule has 1 amide bonds. The predicted octanol–water partition coefficient (Wildman–Crippen LogP) is 4.79. The van der Waals surface area contributed by atoms with Gasteiger partial charge in [-0.25, -0.2) is 8.78 Å². The van der Waals surface area contributed by atoms with Gasteiger partial charge in [0.15, 0.2) is 11.6 Å². The Morgan fingerprint density at radius 3 is 2.70 bits per heavy atom. The zero-order valence-corrected chi connectivity index (χ0v) is 19.0. The number of nitrogens with zero attached hydrogens (tertiary/aromatic N) is 3. The van der Waals surface area contributed by atoms with Crippen LogP contribution in [0.3, 0.4) is 0 Å². The first-order valence-corrected chi connectivity index (χ1v) is 11.6. The Bertz CT molecular complexity index is 1080. The second kappa shape index (κ2) is 9.66. The van der Waals surface area contributed by atoms with Gasteiger partial charge in [0.25, 0.3) is 5.91 Å². The topological polar surface area (TPSA) is 67.6 Å². The first-order chi connectivity index (χ1) is 15.8. The van der Waals surface area contributed by atoms with E-state index < -0.39 is 17.2 Å². The van der Waals surface area contributed by atoms with Crippen LogP contribution in [0, 0.1) is 23.0 Å². The number of hydrogen-bond acceptors (Lipinski definition) is 4. The Hall–Kier alpha value is -2.69. The summed E-state index contributed by atoms with van der Waals surface area (Å²) < 4.78 is 28.3. The number of hydrogen-bond donors (Lipinski definition) is 1. The molecule has 0 bridgehead atoms. The maximum atomic E-state index is 14.5. The first-order valence-electron chi connectivity index (χ1n) is 11.2. The van der Waals surface area contributed by atoms with Crippen molar-refractivity contribution in [2.45, 2.75) is 56.7 Å². The molecule has 0 aromatic heterocycles. The average molecular weight is 474 g/mol. The van der Waals surface area contributed by atoms with Crippen molar-refractivity contribution < 1.29 is 18.7 Å². The largest absolute Gasteiger partial charge is 0.380 e. The van der Waals surface area contributed by atoms with Crippen LogP contribution in [0.1, 0.15) is 49.7 Å². The van der Waals surface area contributed by atoms with E-state index in [4.69, 9.17) is 11.6 Å². The SMILES string of the molecule is N#Cc1ccc(N(Cc2cccc(F)c2F)[C@H]2CCN(C(=O)C3(O)CCCCC3)C2)cc1Cl. The molecular weight excluding hydrogens is 448 g/mol. The quantitative estimate of drug-likeness (QED) is 0.677. The van der Waals surface area contributed by atoms with Gasteiger partial charge in [-0.15, -0.1) is 0 Å². The number of halogens is 3. The third kappa shape index (κ3) is 4.83. The van der Waals surface area contributed by atoms with Crippen molar-refractivity contribution in [2.75, 3.05) is 18.0 Å². The monoisotopic (exact) mass is 473 g/mol. The molecule has 2 aromatic rings. The molecule has 1 aliphatic heterocycles. The van der Waals surface area contributed by atoms with Gasteiger partial charge in [-0.3, -0.25) is 4.79 Å². The van der Waals surface area contributed by atoms with E-state index in [1.165, 1.54) is 12.1 Å². The van der Waals surface area contributed by atoms with Crippen LogP contribution >= 0.6 is 11.6 Å². The van der Waals surface area contributed by atoms with Crippen molar-refractivity contribution in [3.63, 3.8) is 0 Å². The lowest BCUT2D eigenvalue weighted by atomic mass is 9.84. The number of amides is 1. The van der Waals surface area contributed by atoms with E-state index in [1.807, 2.05) is 11.0 Å². The highest BCUT2D eigenvalue weighted by Crippen LogP contribution is 2.34. The average Bonchev–Trinajstić information content (AvgIpc) is 3.29. The highest BCUT2D eigenvalue weighted by molar-refractivity contribution is 6.32. The molecule has 2 aromatic carbocycles. The molecule has 2 fully saturated rings. The number of carbonyl (C=O) groups excluding carboxylic acids is 1. The number of anilines is 1. The predicted molar refractivity (Wildman–Crippen MR) is 122 cm³/mol. The molecule has 2 aliphatic rings. The fourth-order valence-electron chi connectivity index (χ4n) is 4.88. The number of nitriles is 1. The van der Waals surface area contributed by atoms with Crippen LogP contribution in [-0.4, -0.2) is 40.6 Å². The first kappa shape index (κ1) is 23.5. The highest BCUT2D eigenvalue weighted by atomic mass is 35.5. The summed E-state index contributed by atoms with van der Waals surface area (Å²) in [6.07, 6.45) is 4.22. The minimum absolute atomic E-state index is 0.0722. The maximum absolute atomic E-state index is 14.5. The zero-order valence-electron chi connectivity index (χ0n) is 18.2. The van der Waals surface area contributed by atoms with Gasteiger partial charge in [-0.05, 0) is 43.5 Å². The number of likely N-dealkylation sites (tertiary alicyclic amines) is 1. The second-order valence-electron chi connectivity index (χ2n) is 8.90. The lowest BCUT2D eigenvalue weighted by molar-refractivity contribution is -0.153. The number of carbonyl (C=O) groups is 1. The van der Waals surface area contributed by atoms with Crippen molar-refractivity contribution in [1.29, 1.82) is 5.26 Å². The molecular formula is C25H26ClF2N3O2. The highest BCUT2D eigenvalue weighted by Gasteiger charge is 2.43. The van der Waals surface area contributed by atoms with Crippen molar-refractivity contribution in [3.8, 4) is 6.07 Å². The summed E-state index contributed by atoms with van der Waals surface area (Å²) in [5.74, 6) is -2.09. The number of aliphatic hydroxyl groups is 1. The van der Waals surface area contributed by atoms with Gasteiger partial charge in [0.05, 0.1) is 10.6 Å². The number of benzene rings is 2. The van der Waals surface area contributed by atoms with Gasteiger partial charge in [0, 0.05) is 36.9 Å². The van der Waals surface area contributed by atoms with Gasteiger partial charge in [0.1, 0.15) is 11.7 Å². The molecule has 1 aliphatic carbocycles. The molecule has 1 saturated carbocycles. The van der Waals surface area contributed by atoms with E-state index in [0.29, 0.717) is 43.6 Å². The Morgan fingerprint density at radius 1 is 1.24 bits per heavy atom. The fraction of sp³-hybridized carbons (Fsp3) is 0.440. The lowest BCUT2D eigenvalue weighted by Crippen LogP contribution is -2.50. The summed E-state index contributed by atoms with van der Waals surface area (Å²) in [7, 11) is 0. The molecule has 174 valence electrons. The van der Waals surface area contributed by atoms with Crippen LogP contribution in [0.2, 0.25) is 5.02 Å². The van der Waals surface area contributed by atoms with Crippen molar-refractivity contribution in [2.24, 2.45) is 0 Å². The van der Waals surface area contributed by atoms with E-state index in [1.54, 1.807) is 23.1 Å². The van der Waals surface area contributed by atoms with Crippen molar-refractivity contribution >= 4 is 23.2 Å². The zero-order chi connectivity index (χ0) is 23.6. The minimum atomic E-state index is -1.32. The molecule has 33 heavy (non-hydrogen) atoms. The van der Waals surface area contributed by atoms with Crippen molar-refractivity contribution in [3.05, 3.63) is 64.2 Å². The molecule has 0 radical (unpaired) electrons. The normalized spacial score (nSPS) is 19.8. The smallest absolute Gasteiger partial charge is 0.254 e. The van der Waals surface area contributed by atoms with Gasteiger partial charge in [-0.1, -0.05) is 43.0 Å². The molecule has 4 rings (SSSR count). The van der Waals surface area contributed by atoms with Crippen LogP contribution < -0.4 is 4.90 Å². The Labute approximate surface area is 197 Å². The summed E-state index contributed by atoms with van der Waals surface area (Å²) in [6, 6.07) is 10.8. The van der Waals surface area contributed by atoms with Gasteiger partial charge < -0.3 is 14.9 Å². The maximum Gasteiger partial charge on any atom is 0.254 e. The van der Waals surface area contributed by atoms with E-state index in [9.17, 15) is 23.9 Å². The Kier molecular flexibility index (Phi) is 6.87. The van der Waals surface area contributed by atoms with E-state index >= 15 is 0 Å². The van der Waals surface area contributed by atoms with Crippen LogP contribution in [0.5, 0.6) is 0 Å². The standard InChI is InChI=1S/C25H26ClF2N3O2/c26-21-13-19(8-7-17(21)14-29)31(15-18-5-4-6-22(27)23(18)28)20-9-12-30(16-20)24(32)25(33)10-2-1-3-11-25/h4-8,13,20,33H,1-3,9-12,15-16H2/t20-/m0/s1. The van der Waals surface area contributed by atoms with Gasteiger partial charge in [0.2, 0.25) is 0 Å². The summed E-state index contributed by atoms with van der Waals surface area (Å²) in [5, 5.41) is 20.4. The van der Waals surface area contributed by atoms with E-state index in [0.717, 1.165) is 25.3 Å². The molecule has 1 N–H and O–H groups in total. The van der Waals surface area contributed by atoms with E-state index in [2.05, 4.69) is 0 Å². The molecule has 1 saturated heterocycles. The van der Waals surface area contributed by atoms with Crippen LogP contribution in [-0.2, 0) is 11.3 Å². The number of rotatable bonds is 5. The Balaban J connectivity index is 1.61. The second-order valence-corrected chi connectivity index (χ2v) is 9.31. The minimum Gasteiger partial charge on any atom is -0.380 e. The lowest BCUT2D eigenvalue weighted by Gasteiger charge is -2.35.